The van der Waals surface area contributed by atoms with Crippen LogP contribution in [0.2, 0.25) is 10.0 Å². The summed E-state index contributed by atoms with van der Waals surface area (Å²) in [6.07, 6.45) is 0. The maximum absolute atomic E-state index is 12.3. The molecule has 0 bridgehead atoms. The van der Waals surface area contributed by atoms with E-state index in [2.05, 4.69) is 11.4 Å². The molecule has 1 amide bonds. The number of nitrogens with one attached hydrogen (secondary N) is 1. The number of halogens is 2. The monoisotopic (exact) mass is 369 g/mol. The number of carbonyl (C=O) groups is 1. The molecule has 2 aromatic carbocycles. The summed E-state index contributed by atoms with van der Waals surface area (Å²) < 4.78 is 2.03. The second kappa shape index (κ2) is 5.80. The van der Waals surface area contributed by atoms with Crippen molar-refractivity contribution in [1.82, 2.24) is 9.88 Å². The molecule has 25 heavy (non-hydrogen) atoms. The van der Waals surface area contributed by atoms with Crippen molar-refractivity contribution in [3.8, 4) is 17.2 Å². The van der Waals surface area contributed by atoms with Crippen molar-refractivity contribution in [1.29, 1.82) is 5.26 Å². The second-order valence-electron chi connectivity index (χ2n) is 6.04. The molecule has 0 spiro atoms. The van der Waals surface area contributed by atoms with Crippen LogP contribution < -0.4 is 5.32 Å². The number of nitriles is 1. The van der Waals surface area contributed by atoms with Crippen molar-refractivity contribution < 1.29 is 4.79 Å². The minimum Gasteiger partial charge on any atom is -0.349 e. The van der Waals surface area contributed by atoms with E-state index in [1.165, 1.54) is 0 Å². The molecule has 0 atom stereocenters. The summed E-state index contributed by atoms with van der Waals surface area (Å²) in [5, 5.41) is 14.2. The Morgan fingerprint density at radius 1 is 1.20 bits per heavy atom. The number of rotatable bonds is 1. The molecule has 124 valence electrons. The molecule has 4 rings (SSSR count). The maximum Gasteiger partial charge on any atom is 0.268 e. The molecule has 3 aromatic rings. The van der Waals surface area contributed by atoms with Crippen molar-refractivity contribution in [2.75, 3.05) is 6.54 Å². The largest absolute Gasteiger partial charge is 0.349 e. The first-order chi connectivity index (χ1) is 12.0. The van der Waals surface area contributed by atoms with Gasteiger partial charge >= 0.3 is 0 Å². The standard InChI is InChI=1S/C19H13Cl2N3O/c1-10-13-6-11(9-22)7-14(12-2-3-15(20)16(21)8-12)18(13)24-5-4-23-19(25)17(10)24/h2-3,6-8H,4-5H2,1H3,(H,23,25). The highest BCUT2D eigenvalue weighted by Crippen LogP contribution is 2.37. The zero-order chi connectivity index (χ0) is 17.7. The molecule has 1 aliphatic heterocycles. The smallest absolute Gasteiger partial charge is 0.268 e. The topological polar surface area (TPSA) is 57.8 Å². The van der Waals surface area contributed by atoms with Crippen LogP contribution in [0.5, 0.6) is 0 Å². The zero-order valence-corrected chi connectivity index (χ0v) is 14.9. The van der Waals surface area contributed by atoms with E-state index in [0.717, 1.165) is 27.6 Å². The fraction of sp³-hybridized carbons (Fsp3) is 0.158. The Bertz CT molecular complexity index is 1090. The molecule has 4 nitrogen and oxygen atoms in total. The Balaban J connectivity index is 2.13. The molecule has 1 aromatic heterocycles. The number of aromatic nitrogens is 1. The first-order valence-corrected chi connectivity index (χ1v) is 8.57. The molecule has 0 fully saturated rings. The molecule has 0 radical (unpaired) electrons. The number of aryl methyl sites for hydroxylation is 1. The molecule has 1 aliphatic rings. The Morgan fingerprint density at radius 2 is 2.00 bits per heavy atom. The van der Waals surface area contributed by atoms with E-state index in [1.54, 1.807) is 12.1 Å². The van der Waals surface area contributed by atoms with Crippen LogP contribution in [0.1, 0.15) is 21.6 Å². The minimum absolute atomic E-state index is 0.0847. The number of hydrogen-bond donors (Lipinski definition) is 1. The summed E-state index contributed by atoms with van der Waals surface area (Å²) in [5.74, 6) is -0.0847. The van der Waals surface area contributed by atoms with Crippen LogP contribution in [0.25, 0.3) is 22.0 Å². The summed E-state index contributed by atoms with van der Waals surface area (Å²) >= 11 is 12.2. The van der Waals surface area contributed by atoms with Crippen LogP contribution in [0, 0.1) is 18.3 Å². The zero-order valence-electron chi connectivity index (χ0n) is 13.4. The van der Waals surface area contributed by atoms with E-state index in [0.29, 0.717) is 34.4 Å². The normalized spacial score (nSPS) is 13.4. The first-order valence-electron chi connectivity index (χ1n) is 7.82. The second-order valence-corrected chi connectivity index (χ2v) is 6.86. The van der Waals surface area contributed by atoms with E-state index < -0.39 is 0 Å². The third-order valence-electron chi connectivity index (χ3n) is 4.60. The third kappa shape index (κ3) is 2.39. The van der Waals surface area contributed by atoms with E-state index in [-0.39, 0.29) is 5.91 Å². The lowest BCUT2D eigenvalue weighted by Crippen LogP contribution is -2.35. The SMILES string of the molecule is Cc1c2n(c3c(-c4ccc(Cl)c(Cl)c4)cc(C#N)cc13)CCNC2=O. The average molecular weight is 370 g/mol. The van der Waals surface area contributed by atoms with Crippen molar-refractivity contribution in [2.24, 2.45) is 0 Å². The van der Waals surface area contributed by atoms with Crippen LogP contribution >= 0.6 is 23.2 Å². The van der Waals surface area contributed by atoms with Gasteiger partial charge in [0.1, 0.15) is 5.69 Å². The van der Waals surface area contributed by atoms with Gasteiger partial charge < -0.3 is 9.88 Å². The fourth-order valence-electron chi connectivity index (χ4n) is 3.48. The van der Waals surface area contributed by atoms with Crippen molar-refractivity contribution >= 4 is 40.0 Å². The number of benzene rings is 2. The van der Waals surface area contributed by atoms with Crippen LogP contribution in [-0.4, -0.2) is 17.0 Å². The molecule has 0 saturated carbocycles. The third-order valence-corrected chi connectivity index (χ3v) is 5.34. The molecule has 0 aliphatic carbocycles. The van der Waals surface area contributed by atoms with Crippen LogP contribution in [0.4, 0.5) is 0 Å². The number of fused-ring (bicyclic) bond motifs is 3. The average Bonchev–Trinajstić information content (AvgIpc) is 2.90. The highest BCUT2D eigenvalue weighted by atomic mass is 35.5. The van der Waals surface area contributed by atoms with Crippen LogP contribution in [0.3, 0.4) is 0 Å². The fourth-order valence-corrected chi connectivity index (χ4v) is 3.78. The molecule has 2 heterocycles. The molecular formula is C19H13Cl2N3O. The van der Waals surface area contributed by atoms with E-state index in [1.807, 2.05) is 29.7 Å². The van der Waals surface area contributed by atoms with Gasteiger partial charge in [0.05, 0.1) is 27.2 Å². The van der Waals surface area contributed by atoms with Crippen molar-refractivity contribution in [2.45, 2.75) is 13.5 Å². The number of hydrogen-bond acceptors (Lipinski definition) is 2. The van der Waals surface area contributed by atoms with Crippen LogP contribution in [-0.2, 0) is 6.54 Å². The molecule has 6 heteroatoms. The van der Waals surface area contributed by atoms with Gasteiger partial charge in [-0.3, -0.25) is 4.79 Å². The summed E-state index contributed by atoms with van der Waals surface area (Å²) in [6.45, 7) is 3.18. The number of nitrogens with zero attached hydrogens (tertiary/aromatic N) is 2. The predicted molar refractivity (Wildman–Crippen MR) is 99.2 cm³/mol. The molecule has 0 saturated heterocycles. The Labute approximate surface area is 154 Å². The van der Waals surface area contributed by atoms with Crippen molar-refractivity contribution in [3.05, 3.63) is 57.2 Å². The van der Waals surface area contributed by atoms with Gasteiger partial charge in [-0.15, -0.1) is 0 Å². The van der Waals surface area contributed by atoms with Gasteiger partial charge in [-0.05, 0) is 42.3 Å². The Kier molecular flexibility index (Phi) is 3.72. The highest BCUT2D eigenvalue weighted by Gasteiger charge is 2.25. The maximum atomic E-state index is 12.3. The van der Waals surface area contributed by atoms with Crippen molar-refractivity contribution in [3.63, 3.8) is 0 Å². The number of carbonyl (C=O) groups excluding carboxylic acids is 1. The summed E-state index contributed by atoms with van der Waals surface area (Å²) in [4.78, 5) is 12.3. The van der Waals surface area contributed by atoms with Gasteiger partial charge in [-0.25, -0.2) is 0 Å². The first kappa shape index (κ1) is 16.0. The summed E-state index contributed by atoms with van der Waals surface area (Å²) in [7, 11) is 0. The van der Waals surface area contributed by atoms with E-state index in [4.69, 9.17) is 23.2 Å². The number of amides is 1. The highest BCUT2D eigenvalue weighted by molar-refractivity contribution is 6.42. The van der Waals surface area contributed by atoms with Gasteiger partial charge in [-0.1, -0.05) is 29.3 Å². The molecule has 0 unspecified atom stereocenters. The lowest BCUT2D eigenvalue weighted by Gasteiger charge is -2.18. The summed E-state index contributed by atoms with van der Waals surface area (Å²) in [6, 6.07) is 11.3. The summed E-state index contributed by atoms with van der Waals surface area (Å²) in [5.41, 5.74) is 4.75. The lowest BCUT2D eigenvalue weighted by atomic mass is 9.99. The van der Waals surface area contributed by atoms with E-state index in [9.17, 15) is 10.1 Å². The molecular weight excluding hydrogens is 357 g/mol. The minimum atomic E-state index is -0.0847. The van der Waals surface area contributed by atoms with Gasteiger partial charge in [0.15, 0.2) is 0 Å². The predicted octanol–water partition coefficient (Wildman–Crippen LogP) is 4.54. The van der Waals surface area contributed by atoms with E-state index >= 15 is 0 Å². The van der Waals surface area contributed by atoms with Gasteiger partial charge in [0.25, 0.3) is 5.91 Å². The van der Waals surface area contributed by atoms with Gasteiger partial charge in [0, 0.05) is 24.0 Å². The lowest BCUT2D eigenvalue weighted by molar-refractivity contribution is 0.0928. The molecule has 1 N–H and O–H groups in total. The Morgan fingerprint density at radius 3 is 2.72 bits per heavy atom. The van der Waals surface area contributed by atoms with Gasteiger partial charge in [0.2, 0.25) is 0 Å². The van der Waals surface area contributed by atoms with Crippen LogP contribution in [0.15, 0.2) is 30.3 Å². The Hall–Kier alpha value is -2.48. The van der Waals surface area contributed by atoms with Gasteiger partial charge in [-0.2, -0.15) is 5.26 Å². The quantitative estimate of drug-likeness (QED) is 0.684.